The zero-order valence-corrected chi connectivity index (χ0v) is 16.8. The van der Waals surface area contributed by atoms with Crippen LogP contribution < -0.4 is 0 Å². The van der Waals surface area contributed by atoms with E-state index in [-0.39, 0.29) is 5.25 Å². The highest BCUT2D eigenvalue weighted by Crippen LogP contribution is 2.34. The largest absolute Gasteiger partial charge is 0.419 e. The molecule has 0 bridgehead atoms. The fourth-order valence-electron chi connectivity index (χ4n) is 2.77. The van der Waals surface area contributed by atoms with Crippen LogP contribution in [0, 0.1) is 13.8 Å². The molecule has 2 heterocycles. The van der Waals surface area contributed by atoms with Crippen LogP contribution in [0.3, 0.4) is 0 Å². The van der Waals surface area contributed by atoms with Gasteiger partial charge in [0.1, 0.15) is 0 Å². The van der Waals surface area contributed by atoms with Crippen molar-refractivity contribution in [3.05, 3.63) is 77.8 Å². The van der Waals surface area contributed by atoms with Crippen LogP contribution in [0.5, 0.6) is 0 Å². The van der Waals surface area contributed by atoms with E-state index in [1.165, 1.54) is 17.3 Å². The van der Waals surface area contributed by atoms with Crippen LogP contribution in [-0.2, 0) is 0 Å². The molecule has 0 saturated carbocycles. The normalized spacial score (nSPS) is 12.1. The molecule has 0 spiro atoms. The van der Waals surface area contributed by atoms with Crippen molar-refractivity contribution < 1.29 is 4.42 Å². The maximum atomic E-state index is 5.89. The predicted molar refractivity (Wildman–Crippen MR) is 111 cm³/mol. The Kier molecular flexibility index (Phi) is 5.21. The quantitative estimate of drug-likeness (QED) is 0.324. The summed E-state index contributed by atoms with van der Waals surface area (Å²) in [7, 11) is 0. The lowest BCUT2D eigenvalue weighted by Gasteiger charge is -2.08. The zero-order chi connectivity index (χ0) is 19.5. The van der Waals surface area contributed by atoms with Gasteiger partial charge in [0, 0.05) is 16.8 Å². The molecule has 28 heavy (non-hydrogen) atoms. The lowest BCUT2D eigenvalue weighted by Crippen LogP contribution is -1.96. The highest BCUT2D eigenvalue weighted by atomic mass is 32.2. The minimum Gasteiger partial charge on any atom is -0.419 e. The van der Waals surface area contributed by atoms with Crippen molar-refractivity contribution in [3.63, 3.8) is 0 Å². The van der Waals surface area contributed by atoms with Crippen molar-refractivity contribution >= 4 is 11.8 Å². The summed E-state index contributed by atoms with van der Waals surface area (Å²) in [5.74, 6) is 1.09. The number of hydrogen-bond acceptors (Lipinski definition) is 6. The number of aryl methyl sites for hydroxylation is 2. The van der Waals surface area contributed by atoms with Gasteiger partial charge in [0.25, 0.3) is 0 Å². The molecular formula is C22H20N4OS. The van der Waals surface area contributed by atoms with E-state index in [4.69, 9.17) is 9.40 Å². The van der Waals surface area contributed by atoms with Gasteiger partial charge >= 0.3 is 0 Å². The van der Waals surface area contributed by atoms with Crippen LogP contribution in [0.1, 0.15) is 29.3 Å². The number of thioether (sulfide) groups is 1. The van der Waals surface area contributed by atoms with E-state index < -0.39 is 0 Å². The Hall–Kier alpha value is -2.99. The molecule has 0 unspecified atom stereocenters. The average Bonchev–Trinajstić information content (AvgIpc) is 3.19. The Morgan fingerprint density at radius 2 is 1.61 bits per heavy atom. The standard InChI is InChI=1S/C22H20N4OS/c1-14-9-11-18(12-10-14)21-26-25-20(27-21)16(3)28-22-23-15(2)13-19(24-22)17-7-5-4-6-8-17/h4-13,16H,1-3H3/t16-/m0/s1. The van der Waals surface area contributed by atoms with Gasteiger partial charge in [0.05, 0.1) is 10.9 Å². The van der Waals surface area contributed by atoms with Gasteiger partial charge in [-0.2, -0.15) is 0 Å². The van der Waals surface area contributed by atoms with Gasteiger partial charge in [-0.25, -0.2) is 9.97 Å². The van der Waals surface area contributed by atoms with Crippen LogP contribution in [0.2, 0.25) is 0 Å². The predicted octanol–water partition coefficient (Wildman–Crippen LogP) is 5.66. The zero-order valence-electron chi connectivity index (χ0n) is 16.0. The van der Waals surface area contributed by atoms with E-state index in [0.717, 1.165) is 22.5 Å². The highest BCUT2D eigenvalue weighted by molar-refractivity contribution is 7.99. The van der Waals surface area contributed by atoms with Gasteiger partial charge in [-0.3, -0.25) is 0 Å². The molecule has 0 amide bonds. The van der Waals surface area contributed by atoms with Crippen molar-refractivity contribution in [3.8, 4) is 22.7 Å². The van der Waals surface area contributed by atoms with Gasteiger partial charge in [0.2, 0.25) is 11.8 Å². The summed E-state index contributed by atoms with van der Waals surface area (Å²) in [4.78, 5) is 9.27. The topological polar surface area (TPSA) is 64.7 Å². The van der Waals surface area contributed by atoms with Crippen LogP contribution in [-0.4, -0.2) is 20.2 Å². The van der Waals surface area contributed by atoms with Crippen molar-refractivity contribution in [2.45, 2.75) is 31.2 Å². The van der Waals surface area contributed by atoms with Crippen molar-refractivity contribution in [2.24, 2.45) is 0 Å². The summed E-state index contributed by atoms with van der Waals surface area (Å²) >= 11 is 1.51. The van der Waals surface area contributed by atoms with E-state index in [1.807, 2.05) is 81.4 Å². The highest BCUT2D eigenvalue weighted by Gasteiger charge is 2.18. The number of hydrogen-bond donors (Lipinski definition) is 0. The smallest absolute Gasteiger partial charge is 0.247 e. The molecule has 6 heteroatoms. The third-order valence-electron chi connectivity index (χ3n) is 4.27. The van der Waals surface area contributed by atoms with E-state index in [0.29, 0.717) is 16.9 Å². The minimum atomic E-state index is -0.0582. The summed E-state index contributed by atoms with van der Waals surface area (Å²) in [5.41, 5.74) is 5.02. The van der Waals surface area contributed by atoms with Crippen LogP contribution in [0.15, 0.2) is 70.2 Å². The Morgan fingerprint density at radius 3 is 2.36 bits per heavy atom. The molecule has 5 nitrogen and oxygen atoms in total. The Morgan fingerprint density at radius 1 is 0.857 bits per heavy atom. The Labute approximate surface area is 168 Å². The molecule has 0 N–H and O–H groups in total. The van der Waals surface area contributed by atoms with E-state index >= 15 is 0 Å². The van der Waals surface area contributed by atoms with Gasteiger partial charge in [0.15, 0.2) is 5.16 Å². The Balaban J connectivity index is 1.55. The monoisotopic (exact) mass is 388 g/mol. The molecular weight excluding hydrogens is 368 g/mol. The summed E-state index contributed by atoms with van der Waals surface area (Å²) in [6, 6.07) is 20.1. The van der Waals surface area contributed by atoms with Crippen molar-refractivity contribution in [2.75, 3.05) is 0 Å². The van der Waals surface area contributed by atoms with E-state index in [9.17, 15) is 0 Å². The van der Waals surface area contributed by atoms with Gasteiger partial charge in [-0.05, 0) is 39.0 Å². The number of nitrogens with zero attached hydrogens (tertiary/aromatic N) is 4. The summed E-state index contributed by atoms with van der Waals surface area (Å²) < 4.78 is 5.89. The molecule has 4 rings (SSSR count). The summed E-state index contributed by atoms with van der Waals surface area (Å²) in [6.07, 6.45) is 0. The first-order chi connectivity index (χ1) is 13.6. The second-order valence-corrected chi connectivity index (χ2v) is 7.92. The molecule has 2 aromatic heterocycles. The minimum absolute atomic E-state index is 0.0582. The molecule has 140 valence electrons. The van der Waals surface area contributed by atoms with Crippen LogP contribution in [0.4, 0.5) is 0 Å². The first-order valence-electron chi connectivity index (χ1n) is 9.07. The molecule has 0 saturated heterocycles. The second-order valence-electron chi connectivity index (χ2n) is 6.61. The lowest BCUT2D eigenvalue weighted by molar-refractivity contribution is 0.509. The summed E-state index contributed by atoms with van der Waals surface area (Å²) in [5, 5.41) is 9.05. The first-order valence-corrected chi connectivity index (χ1v) is 9.94. The molecule has 0 radical (unpaired) electrons. The fourth-order valence-corrected chi connectivity index (χ4v) is 3.63. The molecule has 1 atom stereocenters. The molecule has 2 aromatic carbocycles. The third-order valence-corrected chi connectivity index (χ3v) is 5.22. The van der Waals surface area contributed by atoms with Crippen molar-refractivity contribution in [1.82, 2.24) is 20.2 Å². The molecule has 0 aliphatic rings. The first kappa shape index (κ1) is 18.4. The number of benzene rings is 2. The molecule has 0 aliphatic heterocycles. The summed E-state index contributed by atoms with van der Waals surface area (Å²) in [6.45, 7) is 6.04. The molecule has 0 aliphatic carbocycles. The third kappa shape index (κ3) is 4.12. The van der Waals surface area contributed by atoms with E-state index in [2.05, 4.69) is 15.2 Å². The number of aromatic nitrogens is 4. The van der Waals surface area contributed by atoms with Gasteiger partial charge in [-0.1, -0.05) is 59.8 Å². The van der Waals surface area contributed by atoms with Crippen LogP contribution >= 0.6 is 11.8 Å². The van der Waals surface area contributed by atoms with Crippen LogP contribution in [0.25, 0.3) is 22.7 Å². The number of rotatable bonds is 5. The molecule has 4 aromatic rings. The van der Waals surface area contributed by atoms with E-state index in [1.54, 1.807) is 0 Å². The maximum absolute atomic E-state index is 5.89. The van der Waals surface area contributed by atoms with Crippen molar-refractivity contribution in [1.29, 1.82) is 0 Å². The van der Waals surface area contributed by atoms with Gasteiger partial charge < -0.3 is 4.42 Å². The Bertz CT molecular complexity index is 1080. The molecule has 0 fully saturated rings. The average molecular weight is 388 g/mol. The maximum Gasteiger partial charge on any atom is 0.247 e. The lowest BCUT2D eigenvalue weighted by atomic mass is 10.1. The van der Waals surface area contributed by atoms with Gasteiger partial charge in [-0.15, -0.1) is 10.2 Å². The fraction of sp³-hybridized carbons (Fsp3) is 0.182. The SMILES string of the molecule is Cc1ccc(-c2nnc([C@H](C)Sc3nc(C)cc(-c4ccccc4)n3)o2)cc1. The second kappa shape index (κ2) is 7.94.